The number of ether oxygens (including phenoxy) is 1. The Labute approximate surface area is 153 Å². The van der Waals surface area contributed by atoms with E-state index in [1.165, 1.54) is 6.07 Å². The average molecular weight is 432 g/mol. The molecule has 0 saturated carbocycles. The Balaban J connectivity index is 0.00000264. The second-order valence-electron chi connectivity index (χ2n) is 5.37. The minimum Gasteiger partial charge on any atom is -0.384 e. The molecule has 1 aliphatic rings. The molecule has 126 valence electrons. The van der Waals surface area contributed by atoms with E-state index in [0.717, 1.165) is 32.1 Å². The predicted molar refractivity (Wildman–Crippen MR) is 98.3 cm³/mol. The van der Waals surface area contributed by atoms with Gasteiger partial charge in [-0.05, 0) is 18.6 Å². The highest BCUT2D eigenvalue weighted by molar-refractivity contribution is 14.0. The fourth-order valence-electron chi connectivity index (χ4n) is 2.66. The highest BCUT2D eigenvalue weighted by atomic mass is 127. The number of aliphatic imine (C=N–C) groups is 1. The van der Waals surface area contributed by atoms with Crippen LogP contribution in [0.25, 0.3) is 0 Å². The number of benzene rings is 1. The lowest BCUT2D eigenvalue weighted by molar-refractivity contribution is 0.157. The maximum absolute atomic E-state index is 13.9. The van der Waals surface area contributed by atoms with E-state index in [9.17, 15) is 4.39 Å². The zero-order valence-corrected chi connectivity index (χ0v) is 15.7. The van der Waals surface area contributed by atoms with Crippen LogP contribution in [0.2, 0.25) is 0 Å². The molecule has 0 aromatic heterocycles. The summed E-state index contributed by atoms with van der Waals surface area (Å²) in [7, 11) is 3.44. The molecular formula is C16H22FIN4O. The number of likely N-dealkylation sites (tertiary alicyclic amines) is 1. The Morgan fingerprint density at radius 3 is 2.96 bits per heavy atom. The minimum absolute atomic E-state index is 0. The Kier molecular flexibility index (Phi) is 8.26. The van der Waals surface area contributed by atoms with Gasteiger partial charge in [-0.3, -0.25) is 4.99 Å². The molecule has 0 aliphatic carbocycles. The number of hydrogen-bond donors (Lipinski definition) is 1. The first-order valence-corrected chi connectivity index (χ1v) is 7.31. The summed E-state index contributed by atoms with van der Waals surface area (Å²) in [6.07, 6.45) is 1.07. The lowest BCUT2D eigenvalue weighted by Gasteiger charge is -2.21. The van der Waals surface area contributed by atoms with Crippen molar-refractivity contribution in [2.75, 3.05) is 33.9 Å². The molecule has 1 aromatic carbocycles. The number of nitrogens with one attached hydrogen (secondary N) is 1. The number of rotatable bonds is 4. The topological polar surface area (TPSA) is 60.7 Å². The summed E-state index contributed by atoms with van der Waals surface area (Å²) in [5, 5.41) is 11.9. The van der Waals surface area contributed by atoms with Crippen LogP contribution in [0.3, 0.4) is 0 Å². The van der Waals surface area contributed by atoms with Crippen molar-refractivity contribution in [1.82, 2.24) is 10.2 Å². The van der Waals surface area contributed by atoms with Crippen molar-refractivity contribution in [3.8, 4) is 6.07 Å². The molecule has 1 aliphatic heterocycles. The molecule has 1 saturated heterocycles. The van der Waals surface area contributed by atoms with Gasteiger partial charge in [0.05, 0.1) is 18.2 Å². The molecule has 5 nitrogen and oxygen atoms in total. The fraction of sp³-hybridized carbons (Fsp3) is 0.500. The van der Waals surface area contributed by atoms with Gasteiger partial charge < -0.3 is 15.0 Å². The fourth-order valence-corrected chi connectivity index (χ4v) is 2.66. The summed E-state index contributed by atoms with van der Waals surface area (Å²) < 4.78 is 19.1. The molecule has 7 heteroatoms. The van der Waals surface area contributed by atoms with Crippen LogP contribution in [0.1, 0.15) is 17.5 Å². The number of guanidine groups is 1. The number of nitrogens with zero attached hydrogens (tertiary/aromatic N) is 3. The molecule has 1 aromatic rings. The van der Waals surface area contributed by atoms with Crippen LogP contribution in [-0.2, 0) is 11.3 Å². The average Bonchev–Trinajstić information content (AvgIpc) is 2.98. The first kappa shape index (κ1) is 19.6. The summed E-state index contributed by atoms with van der Waals surface area (Å²) >= 11 is 0. The summed E-state index contributed by atoms with van der Waals surface area (Å²) in [4.78, 5) is 6.42. The second-order valence-corrected chi connectivity index (χ2v) is 5.37. The Morgan fingerprint density at radius 1 is 1.57 bits per heavy atom. The summed E-state index contributed by atoms with van der Waals surface area (Å²) in [5.74, 6) is 0.901. The van der Waals surface area contributed by atoms with Crippen molar-refractivity contribution >= 4 is 29.9 Å². The summed E-state index contributed by atoms with van der Waals surface area (Å²) in [6, 6.07) is 6.43. The molecule has 1 fully saturated rings. The Hall–Kier alpha value is -1.40. The van der Waals surface area contributed by atoms with Gasteiger partial charge in [0.1, 0.15) is 5.82 Å². The number of nitriles is 1. The summed E-state index contributed by atoms with van der Waals surface area (Å²) in [6.45, 7) is 2.90. The van der Waals surface area contributed by atoms with E-state index >= 15 is 0 Å². The molecule has 1 unspecified atom stereocenters. The first-order chi connectivity index (χ1) is 10.7. The second kappa shape index (κ2) is 9.67. The van der Waals surface area contributed by atoms with Gasteiger partial charge in [-0.2, -0.15) is 5.26 Å². The zero-order valence-electron chi connectivity index (χ0n) is 13.4. The van der Waals surface area contributed by atoms with E-state index in [2.05, 4.69) is 15.2 Å². The standard InChI is InChI=1S/C16H21FN4O.HI/c1-19-16(21-6-5-13(10-21)11-22-2)20-9-14-4-3-12(8-18)7-15(14)17;/h3-4,7,13H,5-6,9-11H2,1-2H3,(H,19,20);1H. The van der Waals surface area contributed by atoms with Crippen molar-refractivity contribution in [1.29, 1.82) is 5.26 Å². The van der Waals surface area contributed by atoms with Crippen molar-refractivity contribution in [3.63, 3.8) is 0 Å². The van der Waals surface area contributed by atoms with E-state index in [4.69, 9.17) is 10.00 Å². The van der Waals surface area contributed by atoms with Gasteiger partial charge in [0.25, 0.3) is 0 Å². The van der Waals surface area contributed by atoms with Gasteiger partial charge in [0.15, 0.2) is 5.96 Å². The Morgan fingerprint density at radius 2 is 2.35 bits per heavy atom. The minimum atomic E-state index is -0.374. The van der Waals surface area contributed by atoms with Crippen LogP contribution >= 0.6 is 24.0 Å². The van der Waals surface area contributed by atoms with Crippen LogP contribution in [0.4, 0.5) is 4.39 Å². The summed E-state index contributed by atoms with van der Waals surface area (Å²) in [5.41, 5.74) is 0.848. The largest absolute Gasteiger partial charge is 0.384 e. The lowest BCUT2D eigenvalue weighted by Crippen LogP contribution is -2.40. The molecule has 2 rings (SSSR count). The van der Waals surface area contributed by atoms with Crippen LogP contribution in [0.5, 0.6) is 0 Å². The molecule has 0 radical (unpaired) electrons. The van der Waals surface area contributed by atoms with Crippen molar-refractivity contribution < 1.29 is 9.13 Å². The van der Waals surface area contributed by atoms with Crippen molar-refractivity contribution in [2.24, 2.45) is 10.9 Å². The van der Waals surface area contributed by atoms with Gasteiger partial charge in [0, 0.05) is 45.3 Å². The van der Waals surface area contributed by atoms with Gasteiger partial charge in [0.2, 0.25) is 0 Å². The molecule has 1 heterocycles. The van der Waals surface area contributed by atoms with Gasteiger partial charge >= 0.3 is 0 Å². The molecule has 0 bridgehead atoms. The van der Waals surface area contributed by atoms with Crippen LogP contribution in [0, 0.1) is 23.1 Å². The van der Waals surface area contributed by atoms with Crippen molar-refractivity contribution in [2.45, 2.75) is 13.0 Å². The SMILES string of the molecule is CN=C(NCc1ccc(C#N)cc1F)N1CCC(COC)C1.I. The third-order valence-corrected chi connectivity index (χ3v) is 3.82. The van der Waals surface area contributed by atoms with Gasteiger partial charge in [-0.1, -0.05) is 6.07 Å². The van der Waals surface area contributed by atoms with Gasteiger partial charge in [-0.15, -0.1) is 24.0 Å². The lowest BCUT2D eigenvalue weighted by atomic mass is 10.1. The molecule has 1 atom stereocenters. The van der Waals surface area contributed by atoms with Gasteiger partial charge in [-0.25, -0.2) is 4.39 Å². The van der Waals surface area contributed by atoms with E-state index in [1.54, 1.807) is 26.3 Å². The third-order valence-electron chi connectivity index (χ3n) is 3.82. The quantitative estimate of drug-likeness (QED) is 0.451. The zero-order chi connectivity index (χ0) is 15.9. The molecule has 23 heavy (non-hydrogen) atoms. The highest BCUT2D eigenvalue weighted by Crippen LogP contribution is 2.16. The molecule has 0 amide bonds. The first-order valence-electron chi connectivity index (χ1n) is 7.31. The molecule has 0 spiro atoms. The third kappa shape index (κ3) is 5.32. The van der Waals surface area contributed by atoms with E-state index in [0.29, 0.717) is 23.6 Å². The number of halogens is 2. The normalized spacial score (nSPS) is 17.6. The number of methoxy groups -OCH3 is 1. The van der Waals surface area contributed by atoms with Crippen LogP contribution in [-0.4, -0.2) is 44.7 Å². The molecule has 1 N–H and O–H groups in total. The number of hydrogen-bond acceptors (Lipinski definition) is 3. The van der Waals surface area contributed by atoms with Crippen LogP contribution < -0.4 is 5.32 Å². The van der Waals surface area contributed by atoms with Crippen molar-refractivity contribution in [3.05, 3.63) is 35.1 Å². The van der Waals surface area contributed by atoms with E-state index in [-0.39, 0.29) is 29.8 Å². The Bertz CT molecular complexity index is 588. The predicted octanol–water partition coefficient (Wildman–Crippen LogP) is 2.36. The monoisotopic (exact) mass is 432 g/mol. The van der Waals surface area contributed by atoms with Crippen LogP contribution in [0.15, 0.2) is 23.2 Å². The maximum Gasteiger partial charge on any atom is 0.193 e. The molecular weight excluding hydrogens is 410 g/mol. The smallest absolute Gasteiger partial charge is 0.193 e. The highest BCUT2D eigenvalue weighted by Gasteiger charge is 2.24. The maximum atomic E-state index is 13.9. The van der Waals surface area contributed by atoms with E-state index in [1.807, 2.05) is 6.07 Å². The van der Waals surface area contributed by atoms with E-state index < -0.39 is 0 Å².